The van der Waals surface area contributed by atoms with Crippen molar-refractivity contribution in [1.82, 2.24) is 4.98 Å². The van der Waals surface area contributed by atoms with Crippen LogP contribution in [0.25, 0.3) is 0 Å². The van der Waals surface area contributed by atoms with Gasteiger partial charge in [0.1, 0.15) is 5.75 Å². The molecular weight excluding hydrogens is 436 g/mol. The smallest absolute Gasteiger partial charge is 0.345 e. The van der Waals surface area contributed by atoms with Crippen molar-refractivity contribution in [2.45, 2.75) is 0 Å². The molecule has 2 N–H and O–H groups in total. The molecule has 0 saturated heterocycles. The molecular formula is C21H13N4O8-. The Labute approximate surface area is 185 Å². The van der Waals surface area contributed by atoms with E-state index < -0.39 is 40.0 Å². The Morgan fingerprint density at radius 3 is 2.21 bits per heavy atom. The Morgan fingerprint density at radius 2 is 1.61 bits per heavy atom. The van der Waals surface area contributed by atoms with Gasteiger partial charge in [-0.25, -0.2) is 4.79 Å². The summed E-state index contributed by atoms with van der Waals surface area (Å²) in [4.78, 5) is 61.8. The van der Waals surface area contributed by atoms with E-state index in [0.717, 1.165) is 24.3 Å². The molecule has 3 rings (SSSR count). The Balaban J connectivity index is 1.75. The van der Waals surface area contributed by atoms with Gasteiger partial charge in [-0.05, 0) is 30.3 Å². The number of nitrogens with zero attached hydrogens (tertiary/aromatic N) is 2. The Hall–Kier alpha value is -5.13. The van der Waals surface area contributed by atoms with Gasteiger partial charge in [-0.2, -0.15) is 0 Å². The summed E-state index contributed by atoms with van der Waals surface area (Å²) in [5, 5.41) is 26.6. The highest BCUT2D eigenvalue weighted by molar-refractivity contribution is 6.43. The number of pyridine rings is 1. The molecule has 0 bridgehead atoms. The highest BCUT2D eigenvalue weighted by Crippen LogP contribution is 2.24. The van der Waals surface area contributed by atoms with Crippen molar-refractivity contribution in [2.75, 3.05) is 10.6 Å². The molecule has 0 aliphatic carbocycles. The van der Waals surface area contributed by atoms with Gasteiger partial charge in [-0.15, -0.1) is 0 Å². The van der Waals surface area contributed by atoms with Crippen LogP contribution < -0.4 is 20.5 Å². The molecule has 0 atom stereocenters. The van der Waals surface area contributed by atoms with Gasteiger partial charge in [0.25, 0.3) is 5.69 Å². The predicted octanol–water partition coefficient (Wildman–Crippen LogP) is 1.15. The number of aromatic nitrogens is 1. The minimum atomic E-state index is -1.63. The minimum Gasteiger partial charge on any atom is -0.545 e. The van der Waals surface area contributed by atoms with Crippen LogP contribution in [0.1, 0.15) is 20.7 Å². The van der Waals surface area contributed by atoms with Crippen molar-refractivity contribution in [1.29, 1.82) is 0 Å². The Kier molecular flexibility index (Phi) is 6.69. The van der Waals surface area contributed by atoms with Crippen LogP contribution in [0.2, 0.25) is 0 Å². The number of non-ortho nitro benzene ring substituents is 1. The minimum absolute atomic E-state index is 0.0164. The number of rotatable bonds is 6. The van der Waals surface area contributed by atoms with E-state index in [9.17, 15) is 34.4 Å². The van der Waals surface area contributed by atoms with Gasteiger partial charge in [-0.1, -0.05) is 6.07 Å². The van der Waals surface area contributed by atoms with E-state index in [2.05, 4.69) is 15.6 Å². The van der Waals surface area contributed by atoms with Gasteiger partial charge in [0, 0.05) is 47.5 Å². The molecule has 0 aliphatic rings. The summed E-state index contributed by atoms with van der Waals surface area (Å²) in [5.41, 5.74) is -0.749. The lowest BCUT2D eigenvalue weighted by Gasteiger charge is -2.13. The molecule has 3 aromatic rings. The molecule has 0 radical (unpaired) electrons. The van der Waals surface area contributed by atoms with Gasteiger partial charge in [0.15, 0.2) is 0 Å². The van der Waals surface area contributed by atoms with Gasteiger partial charge >= 0.3 is 17.8 Å². The number of nitro benzene ring substituents is 1. The van der Waals surface area contributed by atoms with E-state index in [4.69, 9.17) is 4.74 Å². The van der Waals surface area contributed by atoms with Crippen molar-refractivity contribution in [2.24, 2.45) is 0 Å². The number of carboxylic acids is 1. The molecule has 1 aromatic heterocycles. The molecule has 0 saturated carbocycles. The van der Waals surface area contributed by atoms with Gasteiger partial charge in [-0.3, -0.25) is 24.7 Å². The number of carbonyl (C=O) groups excluding carboxylic acids is 4. The molecule has 12 nitrogen and oxygen atoms in total. The van der Waals surface area contributed by atoms with E-state index in [1.54, 1.807) is 0 Å². The maximum Gasteiger partial charge on any atom is 0.345 e. The summed E-state index contributed by atoms with van der Waals surface area (Å²) < 4.78 is 5.09. The molecule has 0 unspecified atom stereocenters. The first-order valence-electron chi connectivity index (χ1n) is 9.09. The third-order valence-corrected chi connectivity index (χ3v) is 4.08. The number of aromatic carboxylic acids is 1. The number of esters is 1. The molecule has 166 valence electrons. The summed E-state index contributed by atoms with van der Waals surface area (Å²) in [6.45, 7) is 0. The fraction of sp³-hybridized carbons (Fsp3) is 0. The van der Waals surface area contributed by atoms with Crippen LogP contribution in [0.4, 0.5) is 17.1 Å². The van der Waals surface area contributed by atoms with Crippen molar-refractivity contribution >= 4 is 40.8 Å². The third-order valence-electron chi connectivity index (χ3n) is 4.08. The van der Waals surface area contributed by atoms with Crippen LogP contribution in [0, 0.1) is 10.1 Å². The maximum atomic E-state index is 12.2. The van der Waals surface area contributed by atoms with E-state index in [1.165, 1.54) is 42.7 Å². The van der Waals surface area contributed by atoms with Crippen LogP contribution in [-0.4, -0.2) is 33.7 Å². The van der Waals surface area contributed by atoms with Crippen LogP contribution in [0.3, 0.4) is 0 Å². The first-order chi connectivity index (χ1) is 15.7. The zero-order valence-electron chi connectivity index (χ0n) is 16.5. The summed E-state index contributed by atoms with van der Waals surface area (Å²) >= 11 is 0. The monoisotopic (exact) mass is 449 g/mol. The normalized spacial score (nSPS) is 10.1. The second-order valence-corrected chi connectivity index (χ2v) is 6.35. The third kappa shape index (κ3) is 5.73. The average molecular weight is 449 g/mol. The lowest BCUT2D eigenvalue weighted by atomic mass is 10.1. The molecule has 0 fully saturated rings. The molecule has 33 heavy (non-hydrogen) atoms. The lowest BCUT2D eigenvalue weighted by Crippen LogP contribution is -2.29. The molecule has 0 spiro atoms. The van der Waals surface area contributed by atoms with Crippen LogP contribution in [0.15, 0.2) is 67.0 Å². The highest BCUT2D eigenvalue weighted by Gasteiger charge is 2.18. The standard InChI is InChI=1S/C21H14N4O8/c26-18(23-13-4-1-5-15(9-13)25(31)32)19(27)24-14-6-7-16(20(28)29)17(10-14)33-21(30)12-3-2-8-22-11-12/h1-11H,(H,23,26)(H,24,27)(H,28,29)/p-1. The first-order valence-corrected chi connectivity index (χ1v) is 9.09. The quantitative estimate of drug-likeness (QED) is 0.183. The van der Waals surface area contributed by atoms with Crippen LogP contribution >= 0.6 is 0 Å². The molecule has 2 aromatic carbocycles. The fourth-order valence-corrected chi connectivity index (χ4v) is 2.57. The molecule has 2 amide bonds. The number of carbonyl (C=O) groups is 4. The average Bonchev–Trinajstić information content (AvgIpc) is 2.79. The fourth-order valence-electron chi connectivity index (χ4n) is 2.57. The van der Waals surface area contributed by atoms with Gasteiger partial charge in [0.2, 0.25) is 0 Å². The number of anilines is 2. The van der Waals surface area contributed by atoms with E-state index >= 15 is 0 Å². The second kappa shape index (κ2) is 9.78. The van der Waals surface area contributed by atoms with E-state index in [1.807, 2.05) is 0 Å². The number of nitro groups is 1. The first kappa shape index (κ1) is 22.6. The zero-order chi connectivity index (χ0) is 24.0. The van der Waals surface area contributed by atoms with Crippen molar-refractivity contribution in [3.63, 3.8) is 0 Å². The number of nitrogens with one attached hydrogen (secondary N) is 2. The summed E-state index contributed by atoms with van der Waals surface area (Å²) in [5.74, 6) is -5.27. The van der Waals surface area contributed by atoms with E-state index in [-0.39, 0.29) is 22.6 Å². The number of benzene rings is 2. The molecule has 1 heterocycles. The van der Waals surface area contributed by atoms with Crippen molar-refractivity contribution in [3.8, 4) is 5.75 Å². The highest BCUT2D eigenvalue weighted by atomic mass is 16.6. The number of hydrogen-bond acceptors (Lipinski definition) is 9. The number of carboxylic acid groups (broad SMARTS) is 1. The number of hydrogen-bond donors (Lipinski definition) is 2. The lowest BCUT2D eigenvalue weighted by molar-refractivity contribution is -0.384. The topological polar surface area (TPSA) is 181 Å². The van der Waals surface area contributed by atoms with Crippen LogP contribution in [-0.2, 0) is 9.59 Å². The largest absolute Gasteiger partial charge is 0.545 e. The summed E-state index contributed by atoms with van der Waals surface area (Å²) in [7, 11) is 0. The summed E-state index contributed by atoms with van der Waals surface area (Å²) in [6.07, 6.45) is 2.64. The summed E-state index contributed by atoms with van der Waals surface area (Å²) in [6, 6.07) is 11.0. The van der Waals surface area contributed by atoms with Crippen molar-refractivity contribution in [3.05, 3.63) is 88.2 Å². The molecule has 0 aliphatic heterocycles. The van der Waals surface area contributed by atoms with Gasteiger partial charge < -0.3 is 25.3 Å². The number of amides is 2. The van der Waals surface area contributed by atoms with Crippen LogP contribution in [0.5, 0.6) is 5.75 Å². The molecule has 12 heteroatoms. The Morgan fingerprint density at radius 1 is 0.909 bits per heavy atom. The maximum absolute atomic E-state index is 12.2. The zero-order valence-corrected chi connectivity index (χ0v) is 16.5. The SMILES string of the molecule is O=C(Nc1cccc([N+](=O)[O-])c1)C(=O)Nc1ccc(C(=O)[O-])c(OC(=O)c2cccnc2)c1. The number of ether oxygens (including phenoxy) is 1. The van der Waals surface area contributed by atoms with Crippen molar-refractivity contribution < 1.29 is 33.9 Å². The van der Waals surface area contributed by atoms with Gasteiger partial charge in [0.05, 0.1) is 16.5 Å². The second-order valence-electron chi connectivity index (χ2n) is 6.35. The predicted molar refractivity (Wildman–Crippen MR) is 110 cm³/mol. The van der Waals surface area contributed by atoms with E-state index in [0.29, 0.717) is 0 Å². The Bertz CT molecular complexity index is 1260.